The SMILES string of the molecule is Clc1ccc2c(ccn2CCn2cccn2)c1. The molecule has 0 saturated carbocycles. The Kier molecular flexibility index (Phi) is 2.61. The Morgan fingerprint density at radius 2 is 2.06 bits per heavy atom. The van der Waals surface area contributed by atoms with Crippen LogP contribution in [0.1, 0.15) is 0 Å². The molecule has 0 spiro atoms. The highest BCUT2D eigenvalue weighted by Crippen LogP contribution is 2.20. The lowest BCUT2D eigenvalue weighted by Crippen LogP contribution is -2.06. The molecule has 4 heteroatoms. The Labute approximate surface area is 104 Å². The zero-order valence-electron chi connectivity index (χ0n) is 9.25. The largest absolute Gasteiger partial charge is 0.346 e. The fourth-order valence-electron chi connectivity index (χ4n) is 2.01. The van der Waals surface area contributed by atoms with E-state index in [2.05, 4.69) is 28.0 Å². The molecule has 17 heavy (non-hydrogen) atoms. The summed E-state index contributed by atoms with van der Waals surface area (Å²) >= 11 is 5.96. The molecule has 0 fully saturated rings. The second kappa shape index (κ2) is 4.26. The highest BCUT2D eigenvalue weighted by Gasteiger charge is 2.01. The molecule has 1 aromatic carbocycles. The van der Waals surface area contributed by atoms with Gasteiger partial charge in [0.15, 0.2) is 0 Å². The van der Waals surface area contributed by atoms with Gasteiger partial charge in [0.05, 0.1) is 6.54 Å². The number of rotatable bonds is 3. The number of aryl methyl sites for hydroxylation is 2. The quantitative estimate of drug-likeness (QED) is 0.695. The van der Waals surface area contributed by atoms with E-state index in [1.165, 1.54) is 10.9 Å². The highest BCUT2D eigenvalue weighted by molar-refractivity contribution is 6.31. The standard InChI is InChI=1S/C13H12ClN3/c14-12-2-3-13-11(10-12)4-7-16(13)8-9-17-6-1-5-15-17/h1-7,10H,8-9H2. The monoisotopic (exact) mass is 245 g/mol. The number of aromatic nitrogens is 3. The fraction of sp³-hybridized carbons (Fsp3) is 0.154. The van der Waals surface area contributed by atoms with Crippen molar-refractivity contribution in [2.45, 2.75) is 13.1 Å². The predicted molar refractivity (Wildman–Crippen MR) is 69.2 cm³/mol. The van der Waals surface area contributed by atoms with Crippen molar-refractivity contribution in [3.8, 4) is 0 Å². The molecule has 0 radical (unpaired) electrons. The van der Waals surface area contributed by atoms with Crippen molar-refractivity contribution in [3.05, 3.63) is 53.9 Å². The maximum Gasteiger partial charge on any atom is 0.0588 e. The summed E-state index contributed by atoms with van der Waals surface area (Å²) in [5.74, 6) is 0. The van der Waals surface area contributed by atoms with Crippen LogP contribution in [0.2, 0.25) is 5.02 Å². The van der Waals surface area contributed by atoms with Gasteiger partial charge in [-0.1, -0.05) is 11.6 Å². The van der Waals surface area contributed by atoms with Crippen LogP contribution in [0, 0.1) is 0 Å². The van der Waals surface area contributed by atoms with Gasteiger partial charge in [0, 0.05) is 41.1 Å². The van der Waals surface area contributed by atoms with E-state index in [0.29, 0.717) is 0 Å². The molecule has 3 rings (SSSR count). The van der Waals surface area contributed by atoms with Gasteiger partial charge in [0.1, 0.15) is 0 Å². The Hall–Kier alpha value is -1.74. The highest BCUT2D eigenvalue weighted by atomic mass is 35.5. The van der Waals surface area contributed by atoms with Gasteiger partial charge in [-0.25, -0.2) is 0 Å². The summed E-state index contributed by atoms with van der Waals surface area (Å²) in [5.41, 5.74) is 1.21. The van der Waals surface area contributed by atoms with Crippen LogP contribution in [0.3, 0.4) is 0 Å². The minimum atomic E-state index is 0.780. The van der Waals surface area contributed by atoms with Gasteiger partial charge in [-0.2, -0.15) is 5.10 Å². The Balaban J connectivity index is 1.86. The minimum Gasteiger partial charge on any atom is -0.346 e. The normalized spacial score (nSPS) is 11.1. The third-order valence-corrected chi connectivity index (χ3v) is 3.10. The summed E-state index contributed by atoms with van der Waals surface area (Å²) in [6.07, 6.45) is 5.86. The van der Waals surface area contributed by atoms with Gasteiger partial charge in [0.25, 0.3) is 0 Å². The molecule has 86 valence electrons. The van der Waals surface area contributed by atoms with Crippen LogP contribution in [0.5, 0.6) is 0 Å². The van der Waals surface area contributed by atoms with Crippen molar-refractivity contribution in [2.75, 3.05) is 0 Å². The average Bonchev–Trinajstić information content (AvgIpc) is 2.94. The number of hydrogen-bond acceptors (Lipinski definition) is 1. The first-order valence-electron chi connectivity index (χ1n) is 5.55. The van der Waals surface area contributed by atoms with Crippen molar-refractivity contribution in [1.82, 2.24) is 14.3 Å². The predicted octanol–water partition coefficient (Wildman–Crippen LogP) is 3.19. The Morgan fingerprint density at radius 1 is 1.12 bits per heavy atom. The molecular weight excluding hydrogens is 234 g/mol. The van der Waals surface area contributed by atoms with E-state index in [-0.39, 0.29) is 0 Å². The third kappa shape index (κ3) is 2.06. The van der Waals surface area contributed by atoms with Crippen LogP contribution in [-0.2, 0) is 13.1 Å². The number of fused-ring (bicyclic) bond motifs is 1. The van der Waals surface area contributed by atoms with Crippen molar-refractivity contribution >= 4 is 22.5 Å². The van der Waals surface area contributed by atoms with Gasteiger partial charge in [-0.15, -0.1) is 0 Å². The molecule has 0 N–H and O–H groups in total. The van der Waals surface area contributed by atoms with E-state index in [0.717, 1.165) is 18.1 Å². The van der Waals surface area contributed by atoms with Gasteiger partial charge in [0.2, 0.25) is 0 Å². The number of nitrogens with zero attached hydrogens (tertiary/aromatic N) is 3. The van der Waals surface area contributed by atoms with E-state index in [1.54, 1.807) is 6.20 Å². The van der Waals surface area contributed by atoms with E-state index in [4.69, 9.17) is 11.6 Å². The van der Waals surface area contributed by atoms with Crippen LogP contribution in [-0.4, -0.2) is 14.3 Å². The first-order valence-corrected chi connectivity index (χ1v) is 5.92. The van der Waals surface area contributed by atoms with E-state index in [1.807, 2.05) is 29.1 Å². The van der Waals surface area contributed by atoms with Gasteiger partial charge in [-0.05, 0) is 30.3 Å². The second-order valence-electron chi connectivity index (χ2n) is 3.98. The summed E-state index contributed by atoms with van der Waals surface area (Å²) in [6, 6.07) is 9.99. The van der Waals surface area contributed by atoms with E-state index < -0.39 is 0 Å². The summed E-state index contributed by atoms with van der Waals surface area (Å²) in [7, 11) is 0. The van der Waals surface area contributed by atoms with Crippen LogP contribution in [0.15, 0.2) is 48.9 Å². The molecule has 0 saturated heterocycles. The summed E-state index contributed by atoms with van der Waals surface area (Å²) in [4.78, 5) is 0. The van der Waals surface area contributed by atoms with Crippen LogP contribution in [0.25, 0.3) is 10.9 Å². The number of halogens is 1. The molecule has 0 unspecified atom stereocenters. The lowest BCUT2D eigenvalue weighted by atomic mass is 10.2. The maximum atomic E-state index is 5.96. The maximum absolute atomic E-state index is 5.96. The average molecular weight is 246 g/mol. The lowest BCUT2D eigenvalue weighted by Gasteiger charge is -2.05. The Morgan fingerprint density at radius 3 is 2.88 bits per heavy atom. The zero-order chi connectivity index (χ0) is 11.7. The van der Waals surface area contributed by atoms with Gasteiger partial charge in [-0.3, -0.25) is 4.68 Å². The van der Waals surface area contributed by atoms with Crippen LogP contribution < -0.4 is 0 Å². The number of benzene rings is 1. The molecular formula is C13H12ClN3. The molecule has 0 aliphatic carbocycles. The van der Waals surface area contributed by atoms with Crippen LogP contribution >= 0.6 is 11.6 Å². The zero-order valence-corrected chi connectivity index (χ0v) is 10.0. The van der Waals surface area contributed by atoms with Gasteiger partial charge >= 0.3 is 0 Å². The van der Waals surface area contributed by atoms with Gasteiger partial charge < -0.3 is 4.57 Å². The van der Waals surface area contributed by atoms with Crippen molar-refractivity contribution in [2.24, 2.45) is 0 Å². The smallest absolute Gasteiger partial charge is 0.0588 e. The molecule has 3 aromatic rings. The molecule has 3 nitrogen and oxygen atoms in total. The fourth-order valence-corrected chi connectivity index (χ4v) is 2.19. The van der Waals surface area contributed by atoms with Crippen molar-refractivity contribution in [1.29, 1.82) is 0 Å². The first-order chi connectivity index (χ1) is 8.33. The number of hydrogen-bond donors (Lipinski definition) is 0. The van der Waals surface area contributed by atoms with Crippen molar-refractivity contribution < 1.29 is 0 Å². The van der Waals surface area contributed by atoms with E-state index >= 15 is 0 Å². The summed E-state index contributed by atoms with van der Waals surface area (Å²) in [6.45, 7) is 1.78. The molecule has 0 aliphatic heterocycles. The Bertz CT molecular complexity index is 625. The summed E-state index contributed by atoms with van der Waals surface area (Å²) in [5, 5.41) is 6.15. The third-order valence-electron chi connectivity index (χ3n) is 2.86. The first kappa shape index (κ1) is 10.4. The molecule has 2 heterocycles. The summed E-state index contributed by atoms with van der Waals surface area (Å²) < 4.78 is 4.15. The van der Waals surface area contributed by atoms with Crippen LogP contribution in [0.4, 0.5) is 0 Å². The molecule has 0 bridgehead atoms. The molecule has 0 atom stereocenters. The minimum absolute atomic E-state index is 0.780. The lowest BCUT2D eigenvalue weighted by molar-refractivity contribution is 0.543. The van der Waals surface area contributed by atoms with Crippen molar-refractivity contribution in [3.63, 3.8) is 0 Å². The molecule has 2 aromatic heterocycles. The topological polar surface area (TPSA) is 22.8 Å². The molecule has 0 amide bonds. The van der Waals surface area contributed by atoms with E-state index in [9.17, 15) is 0 Å². The second-order valence-corrected chi connectivity index (χ2v) is 4.42. The molecule has 0 aliphatic rings.